The Morgan fingerprint density at radius 1 is 1.20 bits per heavy atom. The number of urea groups is 1. The highest BCUT2D eigenvalue weighted by molar-refractivity contribution is 8.14. The van der Waals surface area contributed by atoms with Gasteiger partial charge in [0.05, 0.1) is 24.5 Å². The maximum atomic E-state index is 12.3. The van der Waals surface area contributed by atoms with Crippen LogP contribution in [0.1, 0.15) is 24.2 Å². The van der Waals surface area contributed by atoms with Gasteiger partial charge in [-0.05, 0) is 38.1 Å². The summed E-state index contributed by atoms with van der Waals surface area (Å²) in [5.74, 6) is -0.821. The molecule has 1 unspecified atom stereocenters. The van der Waals surface area contributed by atoms with Crippen LogP contribution in [0.2, 0.25) is 0 Å². The summed E-state index contributed by atoms with van der Waals surface area (Å²) in [4.78, 5) is 43.5. The minimum atomic E-state index is -0.841. The molecule has 0 radical (unpaired) electrons. The number of carbonyl (C=O) groups excluding carboxylic acids is 3. The molecule has 0 aliphatic carbocycles. The number of esters is 1. The molecule has 0 bridgehead atoms. The van der Waals surface area contributed by atoms with Crippen LogP contribution in [0.15, 0.2) is 34.3 Å². The normalized spacial score (nSPS) is 16.8. The van der Waals surface area contributed by atoms with E-state index in [2.05, 4.69) is 9.98 Å². The average Bonchev–Trinajstić information content (AvgIpc) is 2.59. The van der Waals surface area contributed by atoms with Crippen molar-refractivity contribution in [3.8, 4) is 5.75 Å². The summed E-state index contributed by atoms with van der Waals surface area (Å²) in [6.07, 6.45) is 0. The van der Waals surface area contributed by atoms with Gasteiger partial charge >= 0.3 is 12.0 Å². The first-order valence-corrected chi connectivity index (χ1v) is 8.59. The number of benzene rings is 1. The van der Waals surface area contributed by atoms with E-state index in [0.717, 1.165) is 11.8 Å². The molecule has 25 heavy (non-hydrogen) atoms. The molecule has 0 aromatic heterocycles. The zero-order chi connectivity index (χ0) is 18.4. The average molecular weight is 362 g/mol. The molecule has 0 saturated carbocycles. The second kappa shape index (κ2) is 8.57. The number of methoxy groups -OCH3 is 1. The largest absolute Gasteiger partial charge is 0.497 e. The summed E-state index contributed by atoms with van der Waals surface area (Å²) in [6.45, 7) is 3.47. The standard InChI is InChI=1S/C17H18N2O5S/c1-4-24-16(21)14-10(2)18-17(22)19-15(14)25-9-13(20)11-5-7-12(23-3)8-6-11/h5-8,14H,4,9H2,1-3H3. The fraction of sp³-hybridized carbons (Fsp3) is 0.353. The first-order valence-electron chi connectivity index (χ1n) is 7.60. The minimum absolute atomic E-state index is 0.0433. The molecular weight excluding hydrogens is 344 g/mol. The number of aliphatic imine (C=N–C) groups is 2. The van der Waals surface area contributed by atoms with Gasteiger partial charge in [-0.2, -0.15) is 9.98 Å². The molecule has 0 fully saturated rings. The maximum Gasteiger partial charge on any atom is 0.367 e. The van der Waals surface area contributed by atoms with Crippen LogP contribution < -0.4 is 4.74 Å². The van der Waals surface area contributed by atoms with Crippen LogP contribution in [0, 0.1) is 5.92 Å². The second-order valence-corrected chi connectivity index (χ2v) is 6.11. The number of ketones is 1. The lowest BCUT2D eigenvalue weighted by molar-refractivity contribution is -0.143. The van der Waals surface area contributed by atoms with Crippen LogP contribution >= 0.6 is 11.8 Å². The van der Waals surface area contributed by atoms with Gasteiger partial charge in [-0.3, -0.25) is 9.59 Å². The summed E-state index contributed by atoms with van der Waals surface area (Å²) >= 11 is 1.05. The number of hydrogen-bond donors (Lipinski definition) is 0. The van der Waals surface area contributed by atoms with Crippen molar-refractivity contribution in [1.82, 2.24) is 0 Å². The molecule has 1 aromatic carbocycles. The number of nitrogens with zero attached hydrogens (tertiary/aromatic N) is 2. The van der Waals surface area contributed by atoms with Crippen molar-refractivity contribution in [3.05, 3.63) is 29.8 Å². The maximum absolute atomic E-state index is 12.3. The van der Waals surface area contributed by atoms with Crippen LogP contribution in [0.25, 0.3) is 0 Å². The van der Waals surface area contributed by atoms with Gasteiger partial charge in [0.1, 0.15) is 11.7 Å². The Morgan fingerprint density at radius 3 is 2.48 bits per heavy atom. The summed E-state index contributed by atoms with van der Waals surface area (Å²) < 4.78 is 10.1. The molecule has 1 aliphatic heterocycles. The lowest BCUT2D eigenvalue weighted by Gasteiger charge is -2.19. The molecule has 1 heterocycles. The predicted molar refractivity (Wildman–Crippen MR) is 95.8 cm³/mol. The number of rotatable bonds is 6. The van der Waals surface area contributed by atoms with Gasteiger partial charge in [-0.15, -0.1) is 11.8 Å². The van der Waals surface area contributed by atoms with E-state index in [4.69, 9.17) is 9.47 Å². The van der Waals surface area contributed by atoms with E-state index in [-0.39, 0.29) is 23.2 Å². The fourth-order valence-electron chi connectivity index (χ4n) is 2.19. The Hall–Kier alpha value is -2.48. The fourth-order valence-corrected chi connectivity index (χ4v) is 3.21. The van der Waals surface area contributed by atoms with Crippen molar-refractivity contribution >= 4 is 40.3 Å². The highest BCUT2D eigenvalue weighted by Crippen LogP contribution is 2.23. The lowest BCUT2D eigenvalue weighted by Crippen LogP contribution is -2.34. The first kappa shape index (κ1) is 18.9. The quantitative estimate of drug-likeness (QED) is 0.570. The van der Waals surface area contributed by atoms with E-state index < -0.39 is 17.9 Å². The third-order valence-electron chi connectivity index (χ3n) is 3.43. The zero-order valence-electron chi connectivity index (χ0n) is 14.1. The van der Waals surface area contributed by atoms with Crippen molar-refractivity contribution in [2.24, 2.45) is 15.9 Å². The molecule has 132 valence electrons. The van der Waals surface area contributed by atoms with E-state index in [1.807, 2.05) is 0 Å². The topological polar surface area (TPSA) is 94.4 Å². The highest BCUT2D eigenvalue weighted by Gasteiger charge is 2.33. The summed E-state index contributed by atoms with van der Waals surface area (Å²) in [6, 6.07) is 6.02. The van der Waals surface area contributed by atoms with E-state index >= 15 is 0 Å². The van der Waals surface area contributed by atoms with Gasteiger partial charge in [0, 0.05) is 11.3 Å². The third-order valence-corrected chi connectivity index (χ3v) is 4.46. The van der Waals surface area contributed by atoms with Gasteiger partial charge in [0.15, 0.2) is 5.78 Å². The van der Waals surface area contributed by atoms with Gasteiger partial charge in [0.2, 0.25) is 0 Å². The van der Waals surface area contributed by atoms with Gasteiger partial charge in [-0.1, -0.05) is 0 Å². The number of Topliss-reactive ketones (excluding diaryl/α,β-unsaturated/α-hetero) is 1. The Bertz CT molecular complexity index is 740. The molecular formula is C17H18N2O5S. The smallest absolute Gasteiger partial charge is 0.367 e. The van der Waals surface area contributed by atoms with Crippen molar-refractivity contribution in [3.63, 3.8) is 0 Å². The van der Waals surface area contributed by atoms with Crippen LogP contribution in [-0.2, 0) is 9.53 Å². The molecule has 1 aromatic rings. The monoisotopic (exact) mass is 362 g/mol. The van der Waals surface area contributed by atoms with E-state index in [9.17, 15) is 14.4 Å². The van der Waals surface area contributed by atoms with Gasteiger partial charge in [-0.25, -0.2) is 4.79 Å². The van der Waals surface area contributed by atoms with Crippen molar-refractivity contribution < 1.29 is 23.9 Å². The first-order chi connectivity index (χ1) is 12.0. The Balaban J connectivity index is 2.09. The Kier molecular flexibility index (Phi) is 6.46. The van der Waals surface area contributed by atoms with E-state index in [0.29, 0.717) is 17.0 Å². The van der Waals surface area contributed by atoms with Crippen molar-refractivity contribution in [2.75, 3.05) is 19.5 Å². The lowest BCUT2D eigenvalue weighted by atomic mass is 10.1. The molecule has 7 nitrogen and oxygen atoms in total. The molecule has 0 N–H and O–H groups in total. The van der Waals surface area contributed by atoms with E-state index in [1.165, 1.54) is 0 Å². The number of thioether (sulfide) groups is 1. The molecule has 2 amide bonds. The number of hydrogen-bond acceptors (Lipinski definition) is 6. The van der Waals surface area contributed by atoms with Crippen molar-refractivity contribution in [1.29, 1.82) is 0 Å². The molecule has 1 atom stereocenters. The number of amides is 2. The summed E-state index contributed by atoms with van der Waals surface area (Å²) in [5, 5.41) is 0.234. The Labute approximate surface area is 149 Å². The van der Waals surface area contributed by atoms with Crippen LogP contribution in [-0.4, -0.2) is 48.0 Å². The predicted octanol–water partition coefficient (Wildman–Crippen LogP) is 2.78. The molecule has 1 aliphatic rings. The van der Waals surface area contributed by atoms with Crippen LogP contribution in [0.4, 0.5) is 4.79 Å². The van der Waals surface area contributed by atoms with Crippen LogP contribution in [0.5, 0.6) is 5.75 Å². The summed E-state index contributed by atoms with van der Waals surface area (Å²) in [5.41, 5.74) is 0.826. The van der Waals surface area contributed by atoms with E-state index in [1.54, 1.807) is 45.2 Å². The second-order valence-electron chi connectivity index (χ2n) is 5.11. The van der Waals surface area contributed by atoms with Crippen molar-refractivity contribution in [2.45, 2.75) is 13.8 Å². The minimum Gasteiger partial charge on any atom is -0.497 e. The highest BCUT2D eigenvalue weighted by atomic mass is 32.2. The molecule has 0 saturated heterocycles. The third kappa shape index (κ3) is 4.76. The molecule has 2 rings (SSSR count). The van der Waals surface area contributed by atoms with Gasteiger partial charge < -0.3 is 9.47 Å². The molecule has 0 spiro atoms. The van der Waals surface area contributed by atoms with Crippen LogP contribution in [0.3, 0.4) is 0 Å². The molecule has 8 heteroatoms. The van der Waals surface area contributed by atoms with Gasteiger partial charge in [0.25, 0.3) is 0 Å². The number of carbonyl (C=O) groups is 3. The summed E-state index contributed by atoms with van der Waals surface area (Å²) in [7, 11) is 1.55. The zero-order valence-corrected chi connectivity index (χ0v) is 15.0. The Morgan fingerprint density at radius 2 is 1.88 bits per heavy atom. The number of ether oxygens (including phenoxy) is 2. The SMILES string of the molecule is CCOC(=O)C1C(C)=NC(=O)N=C1SCC(=O)c1ccc(OC)cc1.